The molecule has 2 saturated heterocycles. The van der Waals surface area contributed by atoms with E-state index < -0.39 is 5.91 Å². The molecule has 0 aliphatic carbocycles. The maximum Gasteiger partial charge on any atom is 0.317 e. The normalized spacial score (nSPS) is 23.2. The maximum absolute atomic E-state index is 12.0. The number of nitrogens with one attached hydrogen (secondary N) is 2. The van der Waals surface area contributed by atoms with E-state index in [2.05, 4.69) is 10.2 Å². The number of nitrogens with zero attached hydrogens (tertiary/aromatic N) is 2. The molecule has 2 rings (SSSR count). The lowest BCUT2D eigenvalue weighted by molar-refractivity contribution is -0.129. The molecule has 1 atom stereocenters. The topological polar surface area (TPSA) is 84.9 Å². The first-order valence-electron chi connectivity index (χ1n) is 7.40. The summed E-state index contributed by atoms with van der Waals surface area (Å²) in [4.78, 5) is 27.4. The summed E-state index contributed by atoms with van der Waals surface area (Å²) in [5.41, 5.74) is 1.67. The Kier molecular flexibility index (Phi) is 5.66. The molecule has 0 aromatic heterocycles. The number of amides is 3. The number of hydroxylamine groups is 1. The van der Waals surface area contributed by atoms with Gasteiger partial charge in [0.15, 0.2) is 0 Å². The molecular weight excluding hydrogens is 259 g/mol. The number of carbonyl (C=O) groups excluding carboxylic acids is 2. The SMILES string of the molecule is O=C(NO)[C@@H]1BCCN(C(=O)NCCN2CCCC2)C1. The molecule has 2 aliphatic heterocycles. The largest absolute Gasteiger partial charge is 0.337 e. The summed E-state index contributed by atoms with van der Waals surface area (Å²) >= 11 is 0. The lowest BCUT2D eigenvalue weighted by atomic mass is 9.59. The van der Waals surface area contributed by atoms with Gasteiger partial charge < -0.3 is 15.1 Å². The van der Waals surface area contributed by atoms with Crippen molar-refractivity contribution in [1.82, 2.24) is 20.6 Å². The predicted molar refractivity (Wildman–Crippen MR) is 76.3 cm³/mol. The first-order chi connectivity index (χ1) is 9.70. The van der Waals surface area contributed by atoms with Crippen molar-refractivity contribution in [2.75, 3.05) is 39.3 Å². The van der Waals surface area contributed by atoms with Gasteiger partial charge in [-0.1, -0.05) is 6.32 Å². The van der Waals surface area contributed by atoms with E-state index in [4.69, 9.17) is 5.21 Å². The Labute approximate surface area is 119 Å². The van der Waals surface area contributed by atoms with E-state index in [-0.39, 0.29) is 11.8 Å². The minimum Gasteiger partial charge on any atom is -0.337 e. The smallest absolute Gasteiger partial charge is 0.317 e. The van der Waals surface area contributed by atoms with Gasteiger partial charge in [-0.05, 0) is 25.9 Å². The Morgan fingerprint density at radius 3 is 2.70 bits per heavy atom. The van der Waals surface area contributed by atoms with Crippen LogP contribution < -0.4 is 10.8 Å². The van der Waals surface area contributed by atoms with Gasteiger partial charge in [-0.25, -0.2) is 10.3 Å². The molecule has 3 amide bonds. The van der Waals surface area contributed by atoms with Crippen LogP contribution in [0.3, 0.4) is 0 Å². The van der Waals surface area contributed by atoms with Gasteiger partial charge in [0.25, 0.3) is 0 Å². The van der Waals surface area contributed by atoms with Crippen molar-refractivity contribution in [3.63, 3.8) is 0 Å². The van der Waals surface area contributed by atoms with Gasteiger partial charge >= 0.3 is 6.03 Å². The summed E-state index contributed by atoms with van der Waals surface area (Å²) in [5.74, 6) is -0.711. The number of hydrogen-bond acceptors (Lipinski definition) is 4. The highest BCUT2D eigenvalue weighted by Gasteiger charge is 2.29. The second-order valence-corrected chi connectivity index (χ2v) is 5.54. The Hall–Kier alpha value is -1.28. The van der Waals surface area contributed by atoms with Crippen LogP contribution in [0.5, 0.6) is 0 Å². The van der Waals surface area contributed by atoms with Crippen LogP contribution in [0.2, 0.25) is 12.1 Å². The lowest BCUT2D eigenvalue weighted by Crippen LogP contribution is -2.49. The highest BCUT2D eigenvalue weighted by atomic mass is 16.5. The Morgan fingerprint density at radius 1 is 1.25 bits per heavy atom. The van der Waals surface area contributed by atoms with Crippen LogP contribution in [0.15, 0.2) is 0 Å². The van der Waals surface area contributed by atoms with E-state index in [1.165, 1.54) is 12.8 Å². The van der Waals surface area contributed by atoms with Crippen molar-refractivity contribution < 1.29 is 14.8 Å². The van der Waals surface area contributed by atoms with Gasteiger partial charge in [-0.2, -0.15) is 0 Å². The third-order valence-electron chi connectivity index (χ3n) is 4.09. The lowest BCUT2D eigenvalue weighted by Gasteiger charge is -2.31. The van der Waals surface area contributed by atoms with Gasteiger partial charge in [-0.15, -0.1) is 0 Å². The Morgan fingerprint density at radius 2 is 2.00 bits per heavy atom. The average Bonchev–Trinajstić information content (AvgIpc) is 2.99. The minimum atomic E-state index is -0.403. The molecule has 3 N–H and O–H groups in total. The number of rotatable bonds is 4. The van der Waals surface area contributed by atoms with Crippen LogP contribution in [-0.2, 0) is 4.79 Å². The van der Waals surface area contributed by atoms with Crippen molar-refractivity contribution in [3.8, 4) is 0 Å². The molecule has 8 heteroatoms. The van der Waals surface area contributed by atoms with E-state index in [1.807, 2.05) is 0 Å². The number of urea groups is 1. The standard InChI is InChI=1S/C12H23BN4O3/c18-11(15-20)10-9-17(7-3-13-10)12(19)14-4-8-16-5-1-2-6-16/h10,13,20H,1-9H2,(H,14,19)(H,15,18)/t10-/m1/s1. The molecule has 2 aliphatic rings. The van der Waals surface area contributed by atoms with Crippen LogP contribution >= 0.6 is 0 Å². The predicted octanol–water partition coefficient (Wildman–Crippen LogP) is -0.744. The second-order valence-electron chi connectivity index (χ2n) is 5.54. The van der Waals surface area contributed by atoms with Crippen LogP contribution in [0.4, 0.5) is 4.79 Å². The van der Waals surface area contributed by atoms with Crippen molar-refractivity contribution >= 4 is 19.2 Å². The fourth-order valence-corrected chi connectivity index (χ4v) is 2.91. The molecule has 0 unspecified atom stereocenters. The van der Waals surface area contributed by atoms with Crippen molar-refractivity contribution in [2.45, 2.75) is 25.0 Å². The summed E-state index contributed by atoms with van der Waals surface area (Å²) in [7, 11) is 0.712. The Balaban J connectivity index is 1.69. The summed E-state index contributed by atoms with van der Waals surface area (Å²) in [6.45, 7) is 4.83. The van der Waals surface area contributed by atoms with Crippen molar-refractivity contribution in [3.05, 3.63) is 0 Å². The zero-order valence-electron chi connectivity index (χ0n) is 11.8. The molecule has 2 fully saturated rings. The van der Waals surface area contributed by atoms with Crippen LogP contribution in [-0.4, -0.2) is 73.5 Å². The van der Waals surface area contributed by atoms with Gasteiger partial charge in [0, 0.05) is 32.0 Å². The van der Waals surface area contributed by atoms with Crippen LogP contribution in [0, 0.1) is 0 Å². The average molecular weight is 282 g/mol. The molecule has 7 nitrogen and oxygen atoms in total. The van der Waals surface area contributed by atoms with Crippen LogP contribution in [0.1, 0.15) is 12.8 Å². The van der Waals surface area contributed by atoms with Gasteiger partial charge in [0.1, 0.15) is 7.28 Å². The van der Waals surface area contributed by atoms with Gasteiger partial charge in [0.05, 0.1) is 0 Å². The highest BCUT2D eigenvalue weighted by Crippen LogP contribution is 2.15. The molecule has 0 saturated carbocycles. The van der Waals surface area contributed by atoms with E-state index in [0.717, 1.165) is 26.0 Å². The molecule has 0 aromatic carbocycles. The van der Waals surface area contributed by atoms with Gasteiger partial charge in [-0.3, -0.25) is 10.0 Å². The van der Waals surface area contributed by atoms with Gasteiger partial charge in [0.2, 0.25) is 5.91 Å². The summed E-state index contributed by atoms with van der Waals surface area (Å²) < 4.78 is 0. The first kappa shape index (κ1) is 15.1. The first-order valence-corrected chi connectivity index (χ1v) is 7.40. The number of hydrogen-bond donors (Lipinski definition) is 3. The molecule has 20 heavy (non-hydrogen) atoms. The zero-order chi connectivity index (χ0) is 14.4. The third kappa shape index (κ3) is 4.11. The third-order valence-corrected chi connectivity index (χ3v) is 4.09. The Bertz CT molecular complexity index is 350. The van der Waals surface area contributed by atoms with Crippen molar-refractivity contribution in [2.24, 2.45) is 0 Å². The van der Waals surface area contributed by atoms with Crippen LogP contribution in [0.25, 0.3) is 0 Å². The fourth-order valence-electron chi connectivity index (χ4n) is 2.91. The molecule has 0 bridgehead atoms. The quantitative estimate of drug-likeness (QED) is 0.360. The number of carbonyl (C=O) groups is 2. The molecule has 2 heterocycles. The van der Waals surface area contributed by atoms with E-state index in [1.54, 1.807) is 10.4 Å². The maximum atomic E-state index is 12.0. The van der Waals surface area contributed by atoms with E-state index in [9.17, 15) is 9.59 Å². The number of likely N-dealkylation sites (tertiary alicyclic amines) is 1. The van der Waals surface area contributed by atoms with E-state index >= 15 is 0 Å². The minimum absolute atomic E-state index is 0.111. The molecular formula is C12H23BN4O3. The highest BCUT2D eigenvalue weighted by molar-refractivity contribution is 6.44. The molecule has 0 aromatic rings. The summed E-state index contributed by atoms with van der Waals surface area (Å²) in [5, 5.41) is 11.6. The summed E-state index contributed by atoms with van der Waals surface area (Å²) in [6, 6.07) is -0.111. The fraction of sp³-hybridized carbons (Fsp3) is 0.833. The molecule has 0 spiro atoms. The monoisotopic (exact) mass is 282 g/mol. The van der Waals surface area contributed by atoms with Crippen molar-refractivity contribution in [1.29, 1.82) is 0 Å². The van der Waals surface area contributed by atoms with E-state index in [0.29, 0.717) is 26.9 Å². The summed E-state index contributed by atoms with van der Waals surface area (Å²) in [6.07, 6.45) is 3.29. The molecule has 0 radical (unpaired) electrons. The second kappa shape index (κ2) is 7.49. The molecule has 112 valence electrons. The zero-order valence-corrected chi connectivity index (χ0v) is 11.8.